The lowest BCUT2D eigenvalue weighted by Gasteiger charge is -2.18. The minimum absolute atomic E-state index is 0.0442. The minimum Gasteiger partial charge on any atom is -0.479 e. The molecule has 0 aliphatic carbocycles. The number of hydrogen-bond donors (Lipinski definition) is 1. The first-order valence-electron chi connectivity index (χ1n) is 6.32. The van der Waals surface area contributed by atoms with Gasteiger partial charge in [-0.25, -0.2) is 13.6 Å². The van der Waals surface area contributed by atoms with Gasteiger partial charge in [-0.15, -0.1) is 0 Å². The van der Waals surface area contributed by atoms with E-state index in [1.54, 1.807) is 0 Å². The number of halogens is 2. The molecule has 1 saturated heterocycles. The van der Waals surface area contributed by atoms with Crippen LogP contribution < -0.4 is 0 Å². The summed E-state index contributed by atoms with van der Waals surface area (Å²) in [6.07, 6.45) is -0.420. The topological polar surface area (TPSA) is 101 Å². The molecule has 1 heterocycles. The maximum atomic E-state index is 14.0. The molecule has 1 amide bonds. The summed E-state index contributed by atoms with van der Waals surface area (Å²) in [5, 5.41) is 19.8. The van der Waals surface area contributed by atoms with Crippen LogP contribution in [0.5, 0.6) is 0 Å². The van der Waals surface area contributed by atoms with E-state index >= 15 is 0 Å². The van der Waals surface area contributed by atoms with Crippen LogP contribution in [-0.2, 0) is 4.79 Å². The molecule has 0 saturated carbocycles. The van der Waals surface area contributed by atoms with Crippen molar-refractivity contribution in [3.05, 3.63) is 39.2 Å². The molecule has 1 aromatic carbocycles. The van der Waals surface area contributed by atoms with Crippen molar-refractivity contribution in [1.82, 2.24) is 4.90 Å². The summed E-state index contributed by atoms with van der Waals surface area (Å²) < 4.78 is 27.4. The number of amides is 1. The lowest BCUT2D eigenvalue weighted by molar-refractivity contribution is -0.385. The van der Waals surface area contributed by atoms with E-state index < -0.39 is 52.5 Å². The van der Waals surface area contributed by atoms with Crippen LogP contribution >= 0.6 is 0 Å². The van der Waals surface area contributed by atoms with Crippen molar-refractivity contribution in [3.63, 3.8) is 0 Å². The molecule has 1 fully saturated rings. The third-order valence-electron chi connectivity index (χ3n) is 3.57. The van der Waals surface area contributed by atoms with Gasteiger partial charge in [-0.1, -0.05) is 0 Å². The highest BCUT2D eigenvalue weighted by Crippen LogP contribution is 2.31. The SMILES string of the molecule is Cc1cc(F)cc(C(=O)N2CCC(F)(C(=O)O)C2)c1[N+](=O)[O-]. The molecule has 1 N–H and O–H groups in total. The van der Waals surface area contributed by atoms with E-state index in [2.05, 4.69) is 0 Å². The molecule has 7 nitrogen and oxygen atoms in total. The summed E-state index contributed by atoms with van der Waals surface area (Å²) in [5.41, 5.74) is -3.72. The van der Waals surface area contributed by atoms with Crippen LogP contribution in [0.15, 0.2) is 12.1 Å². The summed E-state index contributed by atoms with van der Waals surface area (Å²) in [6.45, 7) is 0.334. The standard InChI is InChI=1S/C13H12F2N2O5/c1-7-4-8(14)5-9(10(7)17(21)22)11(18)16-3-2-13(15,6-16)12(19)20/h4-5H,2-3,6H2,1H3,(H,19,20). The van der Waals surface area contributed by atoms with Crippen LogP contribution in [0.25, 0.3) is 0 Å². The van der Waals surface area contributed by atoms with Crippen LogP contribution in [0.4, 0.5) is 14.5 Å². The lowest BCUT2D eigenvalue weighted by Crippen LogP contribution is -2.39. The average molecular weight is 314 g/mol. The van der Waals surface area contributed by atoms with Gasteiger partial charge in [0.15, 0.2) is 0 Å². The Bertz CT molecular complexity index is 679. The molecule has 1 aromatic rings. The predicted octanol–water partition coefficient (Wildman–Crippen LogP) is 1.68. The van der Waals surface area contributed by atoms with Gasteiger partial charge in [0, 0.05) is 18.5 Å². The number of rotatable bonds is 3. The maximum Gasteiger partial charge on any atom is 0.343 e. The Morgan fingerprint density at radius 3 is 2.59 bits per heavy atom. The van der Waals surface area contributed by atoms with Gasteiger partial charge < -0.3 is 10.0 Å². The summed E-state index contributed by atoms with van der Waals surface area (Å²) in [6, 6.07) is 1.61. The monoisotopic (exact) mass is 314 g/mol. The van der Waals surface area contributed by atoms with Crippen molar-refractivity contribution in [3.8, 4) is 0 Å². The van der Waals surface area contributed by atoms with Gasteiger partial charge >= 0.3 is 5.97 Å². The first-order chi connectivity index (χ1) is 10.2. The molecule has 118 valence electrons. The second-order valence-corrected chi connectivity index (χ2v) is 5.12. The van der Waals surface area contributed by atoms with E-state index in [9.17, 15) is 28.5 Å². The van der Waals surface area contributed by atoms with Crippen LogP contribution in [0, 0.1) is 22.9 Å². The van der Waals surface area contributed by atoms with Gasteiger partial charge in [0.25, 0.3) is 11.6 Å². The highest BCUT2D eigenvalue weighted by molar-refractivity contribution is 5.99. The number of nitrogens with zero attached hydrogens (tertiary/aromatic N) is 2. The Labute approximate surface area is 123 Å². The molecule has 0 aromatic heterocycles. The van der Waals surface area contributed by atoms with E-state index in [0.29, 0.717) is 6.07 Å². The van der Waals surface area contributed by atoms with Crippen molar-refractivity contribution >= 4 is 17.6 Å². The fourth-order valence-electron chi connectivity index (χ4n) is 2.43. The number of benzene rings is 1. The molecule has 0 bridgehead atoms. The molecular weight excluding hydrogens is 302 g/mol. The third kappa shape index (κ3) is 2.61. The van der Waals surface area contributed by atoms with Gasteiger partial charge in [0.1, 0.15) is 11.4 Å². The van der Waals surface area contributed by atoms with Crippen molar-refractivity contribution < 1.29 is 28.4 Å². The minimum atomic E-state index is -2.59. The van der Waals surface area contributed by atoms with Crippen LogP contribution in [0.2, 0.25) is 0 Å². The second kappa shape index (κ2) is 5.32. The summed E-state index contributed by atoms with van der Waals surface area (Å²) in [4.78, 5) is 34.2. The van der Waals surface area contributed by atoms with Crippen molar-refractivity contribution in [1.29, 1.82) is 0 Å². The van der Waals surface area contributed by atoms with E-state index in [0.717, 1.165) is 11.0 Å². The Morgan fingerprint density at radius 2 is 2.09 bits per heavy atom. The Hall–Kier alpha value is -2.58. The normalized spacial score (nSPS) is 21.0. The van der Waals surface area contributed by atoms with Gasteiger partial charge in [-0.2, -0.15) is 0 Å². The zero-order chi connectivity index (χ0) is 16.7. The maximum absolute atomic E-state index is 14.0. The molecule has 22 heavy (non-hydrogen) atoms. The molecule has 0 radical (unpaired) electrons. The molecule has 2 rings (SSSR count). The number of carboxylic acids is 1. The third-order valence-corrected chi connectivity index (χ3v) is 3.57. The predicted molar refractivity (Wildman–Crippen MR) is 69.8 cm³/mol. The van der Waals surface area contributed by atoms with E-state index in [4.69, 9.17) is 5.11 Å². The Morgan fingerprint density at radius 1 is 1.45 bits per heavy atom. The van der Waals surface area contributed by atoms with E-state index in [-0.39, 0.29) is 12.1 Å². The number of aliphatic carboxylic acids is 1. The number of aryl methyl sites for hydroxylation is 1. The molecule has 1 atom stereocenters. The molecule has 0 spiro atoms. The first kappa shape index (κ1) is 15.8. The number of carboxylic acid groups (broad SMARTS) is 1. The molecular formula is C13H12F2N2O5. The molecule has 1 aliphatic heterocycles. The van der Waals surface area contributed by atoms with E-state index in [1.165, 1.54) is 6.92 Å². The molecule has 1 aliphatic rings. The number of alkyl halides is 1. The van der Waals surface area contributed by atoms with Gasteiger partial charge in [-0.3, -0.25) is 14.9 Å². The van der Waals surface area contributed by atoms with Gasteiger partial charge in [0.05, 0.1) is 11.5 Å². The van der Waals surface area contributed by atoms with Crippen LogP contribution in [0.1, 0.15) is 22.3 Å². The quantitative estimate of drug-likeness (QED) is 0.675. The second-order valence-electron chi connectivity index (χ2n) is 5.12. The summed E-state index contributed by atoms with van der Waals surface area (Å²) in [7, 11) is 0. The van der Waals surface area contributed by atoms with Crippen LogP contribution in [0.3, 0.4) is 0 Å². The zero-order valence-electron chi connectivity index (χ0n) is 11.5. The van der Waals surface area contributed by atoms with Crippen molar-refractivity contribution in [2.75, 3.05) is 13.1 Å². The number of likely N-dealkylation sites (tertiary alicyclic amines) is 1. The number of hydrogen-bond acceptors (Lipinski definition) is 4. The largest absolute Gasteiger partial charge is 0.479 e. The number of nitro benzene ring substituents is 1. The van der Waals surface area contributed by atoms with Gasteiger partial charge in [-0.05, 0) is 19.1 Å². The van der Waals surface area contributed by atoms with Crippen LogP contribution in [-0.4, -0.2) is 45.6 Å². The molecule has 9 heteroatoms. The lowest BCUT2D eigenvalue weighted by atomic mass is 10.1. The fraction of sp³-hybridized carbons (Fsp3) is 0.385. The molecule has 1 unspecified atom stereocenters. The zero-order valence-corrected chi connectivity index (χ0v) is 11.5. The Kier molecular flexibility index (Phi) is 3.82. The number of carbonyl (C=O) groups is 2. The number of carbonyl (C=O) groups excluding carboxylic acids is 1. The smallest absolute Gasteiger partial charge is 0.343 e. The summed E-state index contributed by atoms with van der Waals surface area (Å²) in [5.74, 6) is -3.50. The Balaban J connectivity index is 2.39. The average Bonchev–Trinajstić information content (AvgIpc) is 2.80. The highest BCUT2D eigenvalue weighted by atomic mass is 19.1. The number of nitro groups is 1. The first-order valence-corrected chi connectivity index (χ1v) is 6.32. The van der Waals surface area contributed by atoms with E-state index in [1.807, 2.05) is 0 Å². The van der Waals surface area contributed by atoms with Gasteiger partial charge in [0.2, 0.25) is 5.67 Å². The summed E-state index contributed by atoms with van der Waals surface area (Å²) >= 11 is 0. The fourth-order valence-corrected chi connectivity index (χ4v) is 2.43. The van der Waals surface area contributed by atoms with Crippen molar-refractivity contribution in [2.45, 2.75) is 19.0 Å². The highest BCUT2D eigenvalue weighted by Gasteiger charge is 2.47. The van der Waals surface area contributed by atoms with Crippen molar-refractivity contribution in [2.24, 2.45) is 0 Å².